The van der Waals surface area contributed by atoms with Crippen molar-refractivity contribution >= 4 is 5.91 Å². The van der Waals surface area contributed by atoms with Crippen molar-refractivity contribution in [3.8, 4) is 0 Å². The van der Waals surface area contributed by atoms with Gasteiger partial charge in [-0.1, -0.05) is 294 Å². The maximum absolute atomic E-state index is 12.5. The van der Waals surface area contributed by atoms with Gasteiger partial charge in [0.1, 0.15) is 0 Å². The Hall–Kier alpha value is -1.39. The zero-order valence-corrected chi connectivity index (χ0v) is 42.9. The molecule has 0 spiro atoms. The van der Waals surface area contributed by atoms with E-state index in [-0.39, 0.29) is 12.5 Å². The van der Waals surface area contributed by atoms with Crippen LogP contribution in [0.25, 0.3) is 0 Å². The third-order valence-corrected chi connectivity index (χ3v) is 13.4. The molecule has 63 heavy (non-hydrogen) atoms. The molecule has 2 atom stereocenters. The lowest BCUT2D eigenvalue weighted by atomic mass is 10.0. The van der Waals surface area contributed by atoms with Crippen molar-refractivity contribution in [2.45, 2.75) is 328 Å². The van der Waals surface area contributed by atoms with Crippen LogP contribution in [0.15, 0.2) is 36.5 Å². The molecule has 0 aromatic carbocycles. The molecule has 1 amide bonds. The van der Waals surface area contributed by atoms with Crippen molar-refractivity contribution in [1.82, 2.24) is 5.32 Å². The standard InChI is InChI=1S/C59H113NO3/c1-3-5-7-9-11-13-15-17-19-21-23-25-27-29-30-31-33-35-37-39-41-43-45-47-49-51-53-55-59(63)60-57(56-61)58(62)54-52-50-48-46-44-42-40-38-36-34-32-28-26-24-22-20-18-16-14-12-10-8-6-4-2/h15,17,21,23,52,54,57-58,61-62H,3-14,16,18-20,22,24-51,53,55-56H2,1-2H3,(H,60,63)/b17-15-,23-21-,54-52+. The molecule has 0 saturated carbocycles. The number of carbonyl (C=O) groups is 1. The van der Waals surface area contributed by atoms with Crippen LogP contribution >= 0.6 is 0 Å². The minimum absolute atomic E-state index is 0.0595. The van der Waals surface area contributed by atoms with Crippen molar-refractivity contribution in [3.05, 3.63) is 36.5 Å². The second-order valence-electron chi connectivity index (χ2n) is 19.7. The van der Waals surface area contributed by atoms with Gasteiger partial charge in [0.25, 0.3) is 0 Å². The van der Waals surface area contributed by atoms with Crippen LogP contribution in [-0.2, 0) is 4.79 Å². The first-order valence-electron chi connectivity index (χ1n) is 28.7. The summed E-state index contributed by atoms with van der Waals surface area (Å²) in [6, 6.07) is -0.622. The van der Waals surface area contributed by atoms with Crippen LogP contribution in [0.1, 0.15) is 316 Å². The number of hydrogen-bond acceptors (Lipinski definition) is 3. The number of amides is 1. The van der Waals surface area contributed by atoms with Gasteiger partial charge in [-0.05, 0) is 51.4 Å². The first-order valence-corrected chi connectivity index (χ1v) is 28.7. The van der Waals surface area contributed by atoms with Gasteiger partial charge in [-0.15, -0.1) is 0 Å². The Morgan fingerprint density at radius 3 is 0.952 bits per heavy atom. The zero-order chi connectivity index (χ0) is 45.6. The SMILES string of the molecule is CCCCCCC/C=C\C/C=C\CCCCCCCCCCCCCCCCCC(=O)NC(CO)C(O)/C=C/CCCCCCCCCCCCCCCCCCCCCCCC. The van der Waals surface area contributed by atoms with Gasteiger partial charge in [0.15, 0.2) is 0 Å². The summed E-state index contributed by atoms with van der Waals surface area (Å²) < 4.78 is 0. The Labute approximate surface area is 395 Å². The molecule has 0 aliphatic heterocycles. The average Bonchev–Trinajstić information content (AvgIpc) is 3.29. The van der Waals surface area contributed by atoms with E-state index < -0.39 is 12.1 Å². The molecule has 0 aromatic rings. The van der Waals surface area contributed by atoms with Crippen LogP contribution in [0, 0.1) is 0 Å². The number of unbranched alkanes of at least 4 members (excludes halogenated alkanes) is 42. The fourth-order valence-corrected chi connectivity index (χ4v) is 8.98. The van der Waals surface area contributed by atoms with Gasteiger partial charge in [-0.3, -0.25) is 4.79 Å². The van der Waals surface area contributed by atoms with Gasteiger partial charge < -0.3 is 15.5 Å². The topological polar surface area (TPSA) is 69.6 Å². The number of carbonyl (C=O) groups excluding carboxylic acids is 1. The predicted molar refractivity (Wildman–Crippen MR) is 281 cm³/mol. The average molecular weight is 885 g/mol. The van der Waals surface area contributed by atoms with E-state index >= 15 is 0 Å². The normalized spacial score (nSPS) is 13.0. The number of nitrogens with one attached hydrogen (secondary N) is 1. The third kappa shape index (κ3) is 51.5. The summed E-state index contributed by atoms with van der Waals surface area (Å²) in [4.78, 5) is 12.5. The van der Waals surface area contributed by atoms with Crippen molar-refractivity contribution in [2.75, 3.05) is 6.61 Å². The predicted octanol–water partition coefficient (Wildman–Crippen LogP) is 18.9. The molecule has 0 aliphatic carbocycles. The van der Waals surface area contributed by atoms with Crippen molar-refractivity contribution < 1.29 is 15.0 Å². The van der Waals surface area contributed by atoms with Crippen LogP contribution in [0.5, 0.6) is 0 Å². The van der Waals surface area contributed by atoms with Crippen LogP contribution < -0.4 is 5.32 Å². The van der Waals surface area contributed by atoms with E-state index in [1.54, 1.807) is 6.08 Å². The maximum Gasteiger partial charge on any atom is 0.220 e. The van der Waals surface area contributed by atoms with E-state index in [1.807, 2.05) is 6.08 Å². The van der Waals surface area contributed by atoms with Gasteiger partial charge >= 0.3 is 0 Å². The molecule has 0 heterocycles. The van der Waals surface area contributed by atoms with E-state index in [9.17, 15) is 15.0 Å². The molecule has 2 unspecified atom stereocenters. The third-order valence-electron chi connectivity index (χ3n) is 13.4. The van der Waals surface area contributed by atoms with Crippen LogP contribution in [0.2, 0.25) is 0 Å². The van der Waals surface area contributed by atoms with Crippen molar-refractivity contribution in [3.63, 3.8) is 0 Å². The summed E-state index contributed by atoms with van der Waals surface area (Å²) in [5, 5.41) is 23.2. The summed E-state index contributed by atoms with van der Waals surface area (Å²) in [6.45, 7) is 4.33. The van der Waals surface area contributed by atoms with Crippen LogP contribution in [0.4, 0.5) is 0 Å². The first kappa shape index (κ1) is 61.6. The summed E-state index contributed by atoms with van der Waals surface area (Å²) in [5.41, 5.74) is 0. The van der Waals surface area contributed by atoms with Gasteiger partial charge in [0.2, 0.25) is 5.91 Å². The molecule has 0 aromatic heterocycles. The summed E-state index contributed by atoms with van der Waals surface area (Å²) >= 11 is 0. The van der Waals surface area contributed by atoms with Crippen molar-refractivity contribution in [1.29, 1.82) is 0 Å². The smallest absolute Gasteiger partial charge is 0.220 e. The molecule has 0 radical (unpaired) electrons. The molecular formula is C59H113NO3. The molecule has 0 bridgehead atoms. The lowest BCUT2D eigenvalue weighted by Crippen LogP contribution is -2.45. The monoisotopic (exact) mass is 884 g/mol. The first-order chi connectivity index (χ1) is 31.2. The molecule has 0 saturated heterocycles. The van der Waals surface area contributed by atoms with E-state index in [0.29, 0.717) is 6.42 Å². The fraction of sp³-hybridized carbons (Fsp3) is 0.881. The molecule has 0 fully saturated rings. The Bertz CT molecular complexity index is 958. The molecule has 4 nitrogen and oxygen atoms in total. The Kier molecular flexibility index (Phi) is 53.7. The van der Waals surface area contributed by atoms with Crippen LogP contribution in [-0.4, -0.2) is 34.9 Å². The lowest BCUT2D eigenvalue weighted by molar-refractivity contribution is -0.123. The van der Waals surface area contributed by atoms with E-state index in [2.05, 4.69) is 43.5 Å². The quantitative estimate of drug-likeness (QED) is 0.0421. The molecule has 0 aliphatic rings. The van der Waals surface area contributed by atoms with Gasteiger partial charge in [-0.2, -0.15) is 0 Å². The van der Waals surface area contributed by atoms with Gasteiger partial charge in [0, 0.05) is 6.42 Å². The highest BCUT2D eigenvalue weighted by Crippen LogP contribution is 2.17. The Morgan fingerprint density at radius 2 is 0.651 bits per heavy atom. The molecule has 4 heteroatoms. The minimum Gasteiger partial charge on any atom is -0.394 e. The number of rotatable bonds is 53. The molecule has 372 valence electrons. The molecular weight excluding hydrogens is 771 g/mol. The Balaban J connectivity index is 3.48. The Morgan fingerprint density at radius 1 is 0.381 bits per heavy atom. The lowest BCUT2D eigenvalue weighted by Gasteiger charge is -2.20. The second-order valence-corrected chi connectivity index (χ2v) is 19.7. The number of hydrogen-bond donors (Lipinski definition) is 3. The van der Waals surface area contributed by atoms with Gasteiger partial charge in [-0.25, -0.2) is 0 Å². The van der Waals surface area contributed by atoms with Gasteiger partial charge in [0.05, 0.1) is 18.8 Å². The molecule has 0 rings (SSSR count). The van der Waals surface area contributed by atoms with E-state index in [1.165, 1.54) is 263 Å². The minimum atomic E-state index is -0.839. The maximum atomic E-state index is 12.5. The number of allylic oxidation sites excluding steroid dienone is 5. The summed E-state index contributed by atoms with van der Waals surface area (Å²) in [7, 11) is 0. The highest BCUT2D eigenvalue weighted by atomic mass is 16.3. The van der Waals surface area contributed by atoms with Crippen molar-refractivity contribution in [2.24, 2.45) is 0 Å². The summed E-state index contributed by atoms with van der Waals surface area (Å²) in [6.07, 6.45) is 74.5. The molecule has 3 N–H and O–H groups in total. The van der Waals surface area contributed by atoms with E-state index in [4.69, 9.17) is 0 Å². The van der Waals surface area contributed by atoms with Crippen LogP contribution in [0.3, 0.4) is 0 Å². The second kappa shape index (κ2) is 54.9. The number of aliphatic hydroxyl groups is 2. The van der Waals surface area contributed by atoms with E-state index in [0.717, 1.165) is 32.1 Å². The zero-order valence-electron chi connectivity index (χ0n) is 42.9. The largest absolute Gasteiger partial charge is 0.394 e. The highest BCUT2D eigenvalue weighted by molar-refractivity contribution is 5.76. The highest BCUT2D eigenvalue weighted by Gasteiger charge is 2.18. The number of aliphatic hydroxyl groups excluding tert-OH is 2. The fourth-order valence-electron chi connectivity index (χ4n) is 8.98. The summed E-state index contributed by atoms with van der Waals surface area (Å²) in [5.74, 6) is -0.0595.